The molecule has 0 radical (unpaired) electrons. The van der Waals surface area contributed by atoms with Crippen molar-refractivity contribution in [3.63, 3.8) is 0 Å². The van der Waals surface area contributed by atoms with Gasteiger partial charge in [0.15, 0.2) is 0 Å². The number of aliphatic hydroxyl groups excluding tert-OH is 1. The maximum absolute atomic E-state index is 12.4. The molecule has 2 N–H and O–H groups in total. The second kappa shape index (κ2) is 5.94. The Hall–Kier alpha value is -1.39. The van der Waals surface area contributed by atoms with Crippen molar-refractivity contribution in [3.8, 4) is 0 Å². The normalized spacial score (nSPS) is 32.6. The molecule has 1 aliphatic carbocycles. The molecule has 1 aromatic rings. The first kappa shape index (κ1) is 13.6. The summed E-state index contributed by atoms with van der Waals surface area (Å²) in [5, 5.41) is 12.1. The third kappa shape index (κ3) is 2.72. The predicted molar refractivity (Wildman–Crippen MR) is 75.2 cm³/mol. The van der Waals surface area contributed by atoms with Gasteiger partial charge in [0.2, 0.25) is 5.91 Å². The molecule has 0 spiro atoms. The molecule has 0 aromatic heterocycles. The summed E-state index contributed by atoms with van der Waals surface area (Å²) >= 11 is 0. The standard InChI is InChI=1S/C16H21NO3/c18-8-11-6-13(7-11)17-16(19)15-10-20-9-14(15)12-4-2-1-3-5-12/h1-5,11,13-15,18H,6-10H2,(H,17,19). The molecule has 1 aliphatic heterocycles. The van der Waals surface area contributed by atoms with E-state index in [1.54, 1.807) is 0 Å². The topological polar surface area (TPSA) is 58.6 Å². The molecule has 0 bridgehead atoms. The van der Waals surface area contributed by atoms with Gasteiger partial charge in [-0.25, -0.2) is 0 Å². The van der Waals surface area contributed by atoms with Crippen molar-refractivity contribution in [2.75, 3.05) is 19.8 Å². The molecule has 108 valence electrons. The van der Waals surface area contributed by atoms with Crippen LogP contribution >= 0.6 is 0 Å². The fraction of sp³-hybridized carbons (Fsp3) is 0.562. The molecule has 2 aliphatic rings. The Balaban J connectivity index is 1.60. The number of ether oxygens (including phenoxy) is 1. The first-order valence-electron chi connectivity index (χ1n) is 7.32. The van der Waals surface area contributed by atoms with Crippen LogP contribution in [0.4, 0.5) is 0 Å². The van der Waals surface area contributed by atoms with E-state index in [2.05, 4.69) is 17.4 Å². The molecule has 1 saturated carbocycles. The van der Waals surface area contributed by atoms with E-state index in [0.29, 0.717) is 19.1 Å². The summed E-state index contributed by atoms with van der Waals surface area (Å²) in [4.78, 5) is 12.4. The fourth-order valence-electron chi connectivity index (χ4n) is 3.15. The highest BCUT2D eigenvalue weighted by atomic mass is 16.5. The lowest BCUT2D eigenvalue weighted by atomic mass is 9.80. The van der Waals surface area contributed by atoms with Crippen LogP contribution in [0.2, 0.25) is 0 Å². The molecule has 20 heavy (non-hydrogen) atoms. The number of carbonyl (C=O) groups excluding carboxylic acids is 1. The number of hydrogen-bond acceptors (Lipinski definition) is 3. The molecule has 1 saturated heterocycles. The van der Waals surface area contributed by atoms with Gasteiger partial charge in [0.25, 0.3) is 0 Å². The number of aliphatic hydroxyl groups is 1. The lowest BCUT2D eigenvalue weighted by Gasteiger charge is -2.35. The lowest BCUT2D eigenvalue weighted by Crippen LogP contribution is -2.48. The minimum Gasteiger partial charge on any atom is -0.396 e. The third-order valence-corrected chi connectivity index (χ3v) is 4.49. The molecule has 2 unspecified atom stereocenters. The molecule has 4 heteroatoms. The van der Waals surface area contributed by atoms with Crippen molar-refractivity contribution in [1.82, 2.24) is 5.32 Å². The summed E-state index contributed by atoms with van der Waals surface area (Å²) < 4.78 is 5.52. The predicted octanol–water partition coefficient (Wildman–Crippen LogP) is 1.30. The Bertz CT molecular complexity index is 456. The first-order chi connectivity index (χ1) is 9.78. The maximum atomic E-state index is 12.4. The summed E-state index contributed by atoms with van der Waals surface area (Å²) in [5.74, 6) is 0.526. The second-order valence-corrected chi connectivity index (χ2v) is 5.89. The van der Waals surface area contributed by atoms with Crippen molar-refractivity contribution in [3.05, 3.63) is 35.9 Å². The Morgan fingerprint density at radius 3 is 2.70 bits per heavy atom. The van der Waals surface area contributed by atoms with Gasteiger partial charge in [-0.3, -0.25) is 4.79 Å². The fourth-order valence-corrected chi connectivity index (χ4v) is 3.15. The van der Waals surface area contributed by atoms with Crippen LogP contribution in [-0.2, 0) is 9.53 Å². The Morgan fingerprint density at radius 1 is 1.25 bits per heavy atom. The van der Waals surface area contributed by atoms with E-state index >= 15 is 0 Å². The average molecular weight is 275 g/mol. The number of nitrogens with one attached hydrogen (secondary N) is 1. The molecule has 3 rings (SSSR count). The number of carbonyl (C=O) groups is 1. The van der Waals surface area contributed by atoms with Crippen molar-refractivity contribution in [2.45, 2.75) is 24.8 Å². The highest BCUT2D eigenvalue weighted by Crippen LogP contribution is 2.32. The number of hydrogen-bond donors (Lipinski definition) is 2. The third-order valence-electron chi connectivity index (χ3n) is 4.49. The smallest absolute Gasteiger partial charge is 0.226 e. The monoisotopic (exact) mass is 275 g/mol. The average Bonchev–Trinajstić information content (AvgIpc) is 2.92. The van der Waals surface area contributed by atoms with Crippen LogP contribution in [0.3, 0.4) is 0 Å². The van der Waals surface area contributed by atoms with Gasteiger partial charge in [0.1, 0.15) is 0 Å². The van der Waals surface area contributed by atoms with Crippen LogP contribution in [0, 0.1) is 11.8 Å². The van der Waals surface area contributed by atoms with Crippen LogP contribution < -0.4 is 5.32 Å². The van der Waals surface area contributed by atoms with Gasteiger partial charge in [0, 0.05) is 18.6 Å². The van der Waals surface area contributed by atoms with Gasteiger partial charge in [-0.2, -0.15) is 0 Å². The van der Waals surface area contributed by atoms with Crippen molar-refractivity contribution in [1.29, 1.82) is 0 Å². The van der Waals surface area contributed by atoms with E-state index < -0.39 is 0 Å². The van der Waals surface area contributed by atoms with Gasteiger partial charge < -0.3 is 15.2 Å². The number of rotatable bonds is 4. The van der Waals surface area contributed by atoms with E-state index in [1.165, 1.54) is 5.56 Å². The quantitative estimate of drug-likeness (QED) is 0.871. The van der Waals surface area contributed by atoms with E-state index in [1.807, 2.05) is 18.2 Å². The summed E-state index contributed by atoms with van der Waals surface area (Å²) in [7, 11) is 0. The van der Waals surface area contributed by atoms with Gasteiger partial charge in [-0.15, -0.1) is 0 Å². The number of benzene rings is 1. The molecule has 1 aromatic carbocycles. The zero-order chi connectivity index (χ0) is 13.9. The largest absolute Gasteiger partial charge is 0.396 e. The van der Waals surface area contributed by atoms with Crippen molar-refractivity contribution < 1.29 is 14.6 Å². The van der Waals surface area contributed by atoms with Crippen molar-refractivity contribution >= 4 is 5.91 Å². The highest BCUT2D eigenvalue weighted by molar-refractivity contribution is 5.80. The van der Waals surface area contributed by atoms with Gasteiger partial charge in [-0.1, -0.05) is 30.3 Å². The molecular weight excluding hydrogens is 254 g/mol. The second-order valence-electron chi connectivity index (χ2n) is 5.89. The van der Waals surface area contributed by atoms with Crippen LogP contribution in [-0.4, -0.2) is 36.9 Å². The maximum Gasteiger partial charge on any atom is 0.226 e. The summed E-state index contributed by atoms with van der Waals surface area (Å²) in [6.07, 6.45) is 1.79. The van der Waals surface area contributed by atoms with Crippen LogP contribution in [0.25, 0.3) is 0 Å². The minimum absolute atomic E-state index is 0.0921. The summed E-state index contributed by atoms with van der Waals surface area (Å²) in [6, 6.07) is 10.3. The highest BCUT2D eigenvalue weighted by Gasteiger charge is 2.37. The van der Waals surface area contributed by atoms with E-state index in [-0.39, 0.29) is 30.4 Å². The van der Waals surface area contributed by atoms with Crippen LogP contribution in [0.5, 0.6) is 0 Å². The molecular formula is C16H21NO3. The number of amides is 1. The molecule has 1 amide bonds. The van der Waals surface area contributed by atoms with Gasteiger partial charge in [-0.05, 0) is 24.3 Å². The zero-order valence-corrected chi connectivity index (χ0v) is 11.5. The molecule has 4 nitrogen and oxygen atoms in total. The van der Waals surface area contributed by atoms with Crippen LogP contribution in [0.1, 0.15) is 24.3 Å². The Morgan fingerprint density at radius 2 is 2.00 bits per heavy atom. The minimum atomic E-state index is -0.0921. The van der Waals surface area contributed by atoms with E-state index in [9.17, 15) is 4.79 Å². The van der Waals surface area contributed by atoms with Gasteiger partial charge in [0.05, 0.1) is 19.1 Å². The Labute approximate surface area is 119 Å². The van der Waals surface area contributed by atoms with Crippen LogP contribution in [0.15, 0.2) is 30.3 Å². The van der Waals surface area contributed by atoms with Crippen molar-refractivity contribution in [2.24, 2.45) is 11.8 Å². The molecule has 2 atom stereocenters. The van der Waals surface area contributed by atoms with E-state index in [0.717, 1.165) is 12.8 Å². The van der Waals surface area contributed by atoms with Gasteiger partial charge >= 0.3 is 0 Å². The molecule has 1 heterocycles. The SMILES string of the molecule is O=C(NC1CC(CO)C1)C1COCC1c1ccccc1. The zero-order valence-electron chi connectivity index (χ0n) is 11.5. The lowest BCUT2D eigenvalue weighted by molar-refractivity contribution is -0.127. The first-order valence-corrected chi connectivity index (χ1v) is 7.32. The Kier molecular flexibility index (Phi) is 4.03. The summed E-state index contributed by atoms with van der Waals surface area (Å²) in [6.45, 7) is 1.35. The summed E-state index contributed by atoms with van der Waals surface area (Å²) in [5.41, 5.74) is 1.17. The molecule has 2 fully saturated rings. The van der Waals surface area contributed by atoms with E-state index in [4.69, 9.17) is 9.84 Å².